The zero-order valence-electron chi connectivity index (χ0n) is 12.0. The molecule has 3 fully saturated rings. The van der Waals surface area contributed by atoms with Gasteiger partial charge in [0.15, 0.2) is 18.7 Å². The van der Waals surface area contributed by atoms with Crippen LogP contribution < -0.4 is 5.32 Å². The second kappa shape index (κ2) is 5.51. The van der Waals surface area contributed by atoms with E-state index in [1.54, 1.807) is 0 Å². The van der Waals surface area contributed by atoms with Crippen molar-refractivity contribution in [1.29, 1.82) is 0 Å². The Balaban J connectivity index is 1.56. The summed E-state index contributed by atoms with van der Waals surface area (Å²) in [5.74, 6) is 0. The van der Waals surface area contributed by atoms with Crippen LogP contribution in [-0.2, 0) is 23.7 Å². The number of fused-ring (bicyclic) bond motifs is 3. The van der Waals surface area contributed by atoms with Gasteiger partial charge in [-0.25, -0.2) is 4.79 Å². The van der Waals surface area contributed by atoms with Crippen molar-refractivity contribution in [3.63, 3.8) is 0 Å². The molecule has 6 atom stereocenters. The van der Waals surface area contributed by atoms with E-state index >= 15 is 0 Å². The van der Waals surface area contributed by atoms with Gasteiger partial charge in [0.2, 0.25) is 0 Å². The molecule has 4 rings (SSSR count). The standard InChI is InChI=1S/C15H17NO6/c1-18-14-10-12(22-15(17)16-10)11-9(20-14)7-19-13(21-11)8-5-3-2-4-6-8/h2-6,9-14H,7H2,1H3,(H,16,17). The third kappa shape index (κ3) is 2.26. The van der Waals surface area contributed by atoms with Crippen LogP contribution in [0.5, 0.6) is 0 Å². The van der Waals surface area contributed by atoms with Crippen LogP contribution in [0.25, 0.3) is 0 Å². The molecule has 1 amide bonds. The predicted octanol–water partition coefficient (Wildman–Crippen LogP) is 0.949. The van der Waals surface area contributed by atoms with Crippen molar-refractivity contribution in [3.05, 3.63) is 35.9 Å². The molecule has 1 N–H and O–H groups in total. The third-order valence-electron chi connectivity index (χ3n) is 4.17. The van der Waals surface area contributed by atoms with Gasteiger partial charge in [0.1, 0.15) is 18.2 Å². The maximum Gasteiger partial charge on any atom is 0.408 e. The molecule has 3 heterocycles. The summed E-state index contributed by atoms with van der Waals surface area (Å²) in [6, 6.07) is 9.26. The molecule has 0 saturated carbocycles. The van der Waals surface area contributed by atoms with Gasteiger partial charge in [-0.1, -0.05) is 30.3 Å². The number of rotatable bonds is 2. The summed E-state index contributed by atoms with van der Waals surface area (Å²) in [5.41, 5.74) is 0.920. The lowest BCUT2D eigenvalue weighted by molar-refractivity contribution is -0.334. The second-order valence-electron chi connectivity index (χ2n) is 5.50. The fraction of sp³-hybridized carbons (Fsp3) is 0.533. The first-order chi connectivity index (χ1) is 10.8. The molecular formula is C15H17NO6. The zero-order valence-corrected chi connectivity index (χ0v) is 12.0. The van der Waals surface area contributed by atoms with Crippen LogP contribution in [0.15, 0.2) is 30.3 Å². The number of methoxy groups -OCH3 is 1. The average molecular weight is 307 g/mol. The molecule has 6 unspecified atom stereocenters. The van der Waals surface area contributed by atoms with E-state index in [0.717, 1.165) is 5.56 Å². The molecule has 0 bridgehead atoms. The van der Waals surface area contributed by atoms with Crippen LogP contribution in [-0.4, -0.2) is 50.5 Å². The largest absolute Gasteiger partial charge is 0.441 e. The Morgan fingerprint density at radius 2 is 2.00 bits per heavy atom. The normalized spacial score (nSPS) is 40.3. The van der Waals surface area contributed by atoms with Gasteiger partial charge < -0.3 is 29.0 Å². The van der Waals surface area contributed by atoms with Crippen LogP contribution in [0.4, 0.5) is 4.79 Å². The highest BCUT2D eigenvalue weighted by atomic mass is 16.8. The Kier molecular flexibility index (Phi) is 3.50. The summed E-state index contributed by atoms with van der Waals surface area (Å²) >= 11 is 0. The van der Waals surface area contributed by atoms with Crippen LogP contribution in [0.3, 0.4) is 0 Å². The van der Waals surface area contributed by atoms with Crippen LogP contribution in [0.2, 0.25) is 0 Å². The minimum absolute atomic E-state index is 0.334. The maximum atomic E-state index is 11.6. The van der Waals surface area contributed by atoms with Crippen molar-refractivity contribution in [2.24, 2.45) is 0 Å². The maximum absolute atomic E-state index is 11.6. The van der Waals surface area contributed by atoms with Crippen molar-refractivity contribution >= 4 is 6.09 Å². The number of benzene rings is 1. The summed E-state index contributed by atoms with van der Waals surface area (Å²) in [6.45, 7) is 0.352. The highest BCUT2D eigenvalue weighted by molar-refractivity contribution is 5.70. The number of hydrogen-bond donors (Lipinski definition) is 1. The molecule has 22 heavy (non-hydrogen) atoms. The zero-order chi connectivity index (χ0) is 15.1. The Morgan fingerprint density at radius 3 is 2.77 bits per heavy atom. The Hall–Kier alpha value is -1.67. The Morgan fingerprint density at radius 1 is 1.18 bits per heavy atom. The van der Waals surface area contributed by atoms with Crippen molar-refractivity contribution in [1.82, 2.24) is 5.32 Å². The van der Waals surface area contributed by atoms with Gasteiger partial charge >= 0.3 is 6.09 Å². The Bertz CT molecular complexity index is 552. The summed E-state index contributed by atoms with van der Waals surface area (Å²) in [6.07, 6.45) is -2.73. The van der Waals surface area contributed by atoms with Gasteiger partial charge in [-0.15, -0.1) is 0 Å². The number of alkyl carbamates (subject to hydrolysis) is 1. The van der Waals surface area contributed by atoms with Gasteiger partial charge in [0, 0.05) is 12.7 Å². The van der Waals surface area contributed by atoms with E-state index in [1.807, 2.05) is 30.3 Å². The molecule has 0 aromatic heterocycles. The van der Waals surface area contributed by atoms with Crippen molar-refractivity contribution in [3.8, 4) is 0 Å². The lowest BCUT2D eigenvalue weighted by Gasteiger charge is -2.45. The molecule has 3 aliphatic rings. The minimum atomic E-state index is -0.571. The second-order valence-corrected chi connectivity index (χ2v) is 5.50. The summed E-state index contributed by atoms with van der Waals surface area (Å²) in [7, 11) is 1.53. The summed E-state index contributed by atoms with van der Waals surface area (Å²) in [5, 5.41) is 2.71. The smallest absolute Gasteiger partial charge is 0.408 e. The predicted molar refractivity (Wildman–Crippen MR) is 72.9 cm³/mol. The molecule has 7 nitrogen and oxygen atoms in total. The Labute approximate surface area is 127 Å². The van der Waals surface area contributed by atoms with E-state index in [9.17, 15) is 4.79 Å². The molecule has 3 saturated heterocycles. The van der Waals surface area contributed by atoms with E-state index in [1.165, 1.54) is 7.11 Å². The van der Waals surface area contributed by atoms with E-state index in [0.29, 0.717) is 6.61 Å². The van der Waals surface area contributed by atoms with Crippen molar-refractivity contribution < 1.29 is 28.5 Å². The number of hydrogen-bond acceptors (Lipinski definition) is 6. The van der Waals surface area contributed by atoms with Crippen LogP contribution >= 0.6 is 0 Å². The monoisotopic (exact) mass is 307 g/mol. The minimum Gasteiger partial charge on any atom is -0.441 e. The van der Waals surface area contributed by atoms with E-state index < -0.39 is 30.9 Å². The van der Waals surface area contributed by atoms with Crippen molar-refractivity contribution in [2.75, 3.05) is 13.7 Å². The molecule has 0 spiro atoms. The first kappa shape index (κ1) is 14.0. The number of amides is 1. The highest BCUT2D eigenvalue weighted by Crippen LogP contribution is 2.36. The number of nitrogens with one attached hydrogen (secondary N) is 1. The van der Waals surface area contributed by atoms with E-state index in [4.69, 9.17) is 23.7 Å². The van der Waals surface area contributed by atoms with Crippen LogP contribution in [0.1, 0.15) is 11.9 Å². The summed E-state index contributed by atoms with van der Waals surface area (Å²) in [4.78, 5) is 11.6. The molecule has 1 aromatic carbocycles. The molecule has 7 heteroatoms. The van der Waals surface area contributed by atoms with Crippen molar-refractivity contribution in [2.45, 2.75) is 36.9 Å². The topological polar surface area (TPSA) is 75.2 Å². The molecule has 118 valence electrons. The molecule has 3 aliphatic heterocycles. The average Bonchev–Trinajstić information content (AvgIpc) is 2.96. The molecule has 1 aromatic rings. The molecule has 0 radical (unpaired) electrons. The van der Waals surface area contributed by atoms with E-state index in [2.05, 4.69) is 5.32 Å². The third-order valence-corrected chi connectivity index (χ3v) is 4.17. The molecule has 0 aliphatic carbocycles. The fourth-order valence-electron chi connectivity index (χ4n) is 3.14. The molecular weight excluding hydrogens is 290 g/mol. The number of ether oxygens (including phenoxy) is 5. The quantitative estimate of drug-likeness (QED) is 0.877. The first-order valence-electron chi connectivity index (χ1n) is 7.23. The lowest BCUT2D eigenvalue weighted by atomic mass is 9.96. The van der Waals surface area contributed by atoms with Gasteiger partial charge in [0.25, 0.3) is 0 Å². The van der Waals surface area contributed by atoms with Crippen LogP contribution in [0, 0.1) is 0 Å². The SMILES string of the molecule is COC1OC2COC(c3ccccc3)OC2C2OC(=O)NC12. The first-order valence-corrected chi connectivity index (χ1v) is 7.23. The van der Waals surface area contributed by atoms with Gasteiger partial charge in [-0.2, -0.15) is 0 Å². The van der Waals surface area contributed by atoms with Gasteiger partial charge in [-0.3, -0.25) is 0 Å². The highest BCUT2D eigenvalue weighted by Gasteiger charge is 2.55. The van der Waals surface area contributed by atoms with Gasteiger partial charge in [-0.05, 0) is 0 Å². The lowest BCUT2D eigenvalue weighted by Crippen LogP contribution is -2.62. The fourth-order valence-corrected chi connectivity index (χ4v) is 3.14. The van der Waals surface area contributed by atoms with E-state index in [-0.39, 0.29) is 12.1 Å². The summed E-state index contributed by atoms with van der Waals surface area (Å²) < 4.78 is 28.2. The number of carbonyl (C=O) groups excluding carboxylic acids is 1. The van der Waals surface area contributed by atoms with Gasteiger partial charge in [0.05, 0.1) is 6.61 Å². The number of carbonyl (C=O) groups is 1.